The van der Waals surface area contributed by atoms with Crippen molar-refractivity contribution in [2.45, 2.75) is 26.3 Å². The average Bonchev–Trinajstić information content (AvgIpc) is 2.03. The van der Waals surface area contributed by atoms with Crippen LogP contribution in [0.1, 0.15) is 30.5 Å². The molecule has 1 unspecified atom stereocenters. The molecule has 0 saturated heterocycles. The van der Waals surface area contributed by atoms with Gasteiger partial charge in [0, 0.05) is 17.8 Å². The molecular formula is C9H15N3. The van der Waals surface area contributed by atoms with E-state index in [1.165, 1.54) is 0 Å². The summed E-state index contributed by atoms with van der Waals surface area (Å²) in [6.45, 7) is 4.04. The predicted octanol–water partition coefficient (Wildman–Crippen LogP) is 1.38. The van der Waals surface area contributed by atoms with Crippen molar-refractivity contribution in [2.24, 2.45) is 5.73 Å². The van der Waals surface area contributed by atoms with Crippen LogP contribution in [0, 0.1) is 6.92 Å². The Morgan fingerprint density at radius 2 is 2.25 bits per heavy atom. The van der Waals surface area contributed by atoms with E-state index < -0.39 is 0 Å². The minimum atomic E-state index is 0.0127. The second kappa shape index (κ2) is 3.54. The predicted molar refractivity (Wildman–Crippen MR) is 50.6 cm³/mol. The van der Waals surface area contributed by atoms with Crippen LogP contribution in [0.25, 0.3) is 0 Å². The first-order valence-corrected chi connectivity index (χ1v) is 4.13. The van der Waals surface area contributed by atoms with Crippen LogP contribution in [0.2, 0.25) is 0 Å². The second-order valence-electron chi connectivity index (χ2n) is 2.94. The number of aryl methyl sites for hydroxylation is 1. The van der Waals surface area contributed by atoms with Crippen molar-refractivity contribution in [1.29, 1.82) is 0 Å². The third-order valence-electron chi connectivity index (χ3n) is 2.05. The largest absolute Gasteiger partial charge is 0.383 e. The fraction of sp³-hybridized carbons (Fsp3) is 0.444. The van der Waals surface area contributed by atoms with Gasteiger partial charge >= 0.3 is 0 Å². The fourth-order valence-electron chi connectivity index (χ4n) is 1.28. The van der Waals surface area contributed by atoms with Crippen molar-refractivity contribution >= 4 is 5.82 Å². The summed E-state index contributed by atoms with van der Waals surface area (Å²) in [5.41, 5.74) is 13.7. The molecule has 1 aromatic heterocycles. The van der Waals surface area contributed by atoms with Crippen molar-refractivity contribution in [3.05, 3.63) is 23.4 Å². The first-order chi connectivity index (χ1) is 5.66. The number of nitrogens with zero attached hydrogens (tertiary/aromatic N) is 1. The Labute approximate surface area is 72.8 Å². The molecule has 0 radical (unpaired) electrons. The van der Waals surface area contributed by atoms with Crippen LogP contribution in [-0.2, 0) is 0 Å². The lowest BCUT2D eigenvalue weighted by Gasteiger charge is -2.13. The molecule has 1 heterocycles. The molecule has 1 rings (SSSR count). The number of pyridine rings is 1. The Bertz CT molecular complexity index is 250. The molecule has 0 aromatic carbocycles. The summed E-state index contributed by atoms with van der Waals surface area (Å²) in [4.78, 5) is 4.01. The first kappa shape index (κ1) is 9.00. The van der Waals surface area contributed by atoms with Gasteiger partial charge in [0.15, 0.2) is 0 Å². The summed E-state index contributed by atoms with van der Waals surface area (Å²) in [7, 11) is 0. The van der Waals surface area contributed by atoms with E-state index >= 15 is 0 Å². The number of nitrogen functional groups attached to an aromatic ring is 1. The van der Waals surface area contributed by atoms with E-state index in [9.17, 15) is 0 Å². The Kier molecular flexibility index (Phi) is 2.65. The third kappa shape index (κ3) is 1.56. The molecule has 12 heavy (non-hydrogen) atoms. The van der Waals surface area contributed by atoms with Crippen LogP contribution >= 0.6 is 0 Å². The first-order valence-electron chi connectivity index (χ1n) is 4.13. The van der Waals surface area contributed by atoms with Gasteiger partial charge in [-0.3, -0.25) is 0 Å². The van der Waals surface area contributed by atoms with Gasteiger partial charge in [-0.1, -0.05) is 6.92 Å². The van der Waals surface area contributed by atoms with Gasteiger partial charge in [0.1, 0.15) is 5.82 Å². The van der Waals surface area contributed by atoms with Gasteiger partial charge in [-0.15, -0.1) is 0 Å². The van der Waals surface area contributed by atoms with Gasteiger partial charge in [-0.05, 0) is 25.0 Å². The van der Waals surface area contributed by atoms with Gasteiger partial charge < -0.3 is 11.5 Å². The van der Waals surface area contributed by atoms with Crippen LogP contribution in [0.15, 0.2) is 12.3 Å². The highest BCUT2D eigenvalue weighted by Crippen LogP contribution is 2.22. The highest BCUT2D eigenvalue weighted by molar-refractivity contribution is 5.45. The van der Waals surface area contributed by atoms with E-state index in [-0.39, 0.29) is 6.04 Å². The summed E-state index contributed by atoms with van der Waals surface area (Å²) >= 11 is 0. The molecule has 0 amide bonds. The lowest BCUT2D eigenvalue weighted by atomic mass is 10.0. The molecule has 0 aliphatic rings. The highest BCUT2D eigenvalue weighted by atomic mass is 14.8. The van der Waals surface area contributed by atoms with Crippen molar-refractivity contribution in [3.8, 4) is 0 Å². The van der Waals surface area contributed by atoms with Crippen LogP contribution in [0.4, 0.5) is 5.82 Å². The number of rotatable bonds is 2. The maximum Gasteiger partial charge on any atom is 0.128 e. The van der Waals surface area contributed by atoms with Gasteiger partial charge in [0.05, 0.1) is 0 Å². The summed E-state index contributed by atoms with van der Waals surface area (Å²) in [6, 6.07) is 1.94. The van der Waals surface area contributed by atoms with Crippen molar-refractivity contribution in [1.82, 2.24) is 4.98 Å². The smallest absolute Gasteiger partial charge is 0.128 e. The van der Waals surface area contributed by atoms with Gasteiger partial charge in [0.2, 0.25) is 0 Å². The minimum absolute atomic E-state index is 0.0127. The van der Waals surface area contributed by atoms with Crippen molar-refractivity contribution < 1.29 is 0 Å². The lowest BCUT2D eigenvalue weighted by Crippen LogP contribution is -2.13. The zero-order valence-electron chi connectivity index (χ0n) is 7.54. The quantitative estimate of drug-likeness (QED) is 0.695. The normalized spacial score (nSPS) is 12.9. The van der Waals surface area contributed by atoms with Crippen LogP contribution in [0.5, 0.6) is 0 Å². The van der Waals surface area contributed by atoms with E-state index in [4.69, 9.17) is 11.5 Å². The number of aromatic nitrogens is 1. The average molecular weight is 165 g/mol. The van der Waals surface area contributed by atoms with E-state index in [1.807, 2.05) is 19.9 Å². The molecule has 66 valence electrons. The number of hydrogen-bond acceptors (Lipinski definition) is 3. The van der Waals surface area contributed by atoms with Crippen molar-refractivity contribution in [2.75, 3.05) is 5.73 Å². The van der Waals surface area contributed by atoms with Gasteiger partial charge in [-0.25, -0.2) is 4.98 Å². The fourth-order valence-corrected chi connectivity index (χ4v) is 1.28. The van der Waals surface area contributed by atoms with Crippen molar-refractivity contribution in [3.63, 3.8) is 0 Å². The molecule has 3 nitrogen and oxygen atoms in total. The summed E-state index contributed by atoms with van der Waals surface area (Å²) in [5.74, 6) is 0.560. The number of anilines is 1. The minimum Gasteiger partial charge on any atom is -0.383 e. The Morgan fingerprint density at radius 1 is 1.58 bits per heavy atom. The van der Waals surface area contributed by atoms with E-state index in [0.29, 0.717) is 5.82 Å². The number of hydrogen-bond donors (Lipinski definition) is 2. The van der Waals surface area contributed by atoms with Gasteiger partial charge in [-0.2, -0.15) is 0 Å². The lowest BCUT2D eigenvalue weighted by molar-refractivity contribution is 0.693. The Morgan fingerprint density at radius 3 is 2.75 bits per heavy atom. The van der Waals surface area contributed by atoms with E-state index in [0.717, 1.165) is 17.5 Å². The molecule has 0 bridgehead atoms. The van der Waals surface area contributed by atoms with E-state index in [1.54, 1.807) is 6.20 Å². The molecular weight excluding hydrogens is 150 g/mol. The molecule has 0 spiro atoms. The Balaban J connectivity index is 3.12. The van der Waals surface area contributed by atoms with Crippen LogP contribution < -0.4 is 11.5 Å². The maximum atomic E-state index is 5.88. The topological polar surface area (TPSA) is 64.9 Å². The molecule has 0 aliphatic carbocycles. The molecule has 0 fully saturated rings. The third-order valence-corrected chi connectivity index (χ3v) is 2.05. The summed E-state index contributed by atoms with van der Waals surface area (Å²) in [5, 5.41) is 0. The standard InChI is InChI=1S/C9H15N3/c1-3-7(10)8-6(2)4-5-12-9(8)11/h4-5,7H,3,10H2,1-2H3,(H2,11,12). The zero-order chi connectivity index (χ0) is 9.14. The molecule has 0 saturated carbocycles. The highest BCUT2D eigenvalue weighted by Gasteiger charge is 2.10. The molecule has 4 N–H and O–H groups in total. The zero-order valence-corrected chi connectivity index (χ0v) is 7.54. The molecule has 0 aliphatic heterocycles. The number of nitrogens with two attached hydrogens (primary N) is 2. The SMILES string of the molecule is CCC(N)c1c(C)ccnc1N. The Hall–Kier alpha value is -1.09. The van der Waals surface area contributed by atoms with E-state index in [2.05, 4.69) is 4.98 Å². The molecule has 3 heteroatoms. The molecule has 1 atom stereocenters. The summed E-state index contributed by atoms with van der Waals surface area (Å²) < 4.78 is 0. The monoisotopic (exact) mass is 165 g/mol. The van der Waals surface area contributed by atoms with Crippen LogP contribution in [0.3, 0.4) is 0 Å². The maximum absolute atomic E-state index is 5.88. The molecule has 1 aromatic rings. The second-order valence-corrected chi connectivity index (χ2v) is 2.94. The van der Waals surface area contributed by atoms with Crippen LogP contribution in [-0.4, -0.2) is 4.98 Å². The van der Waals surface area contributed by atoms with Gasteiger partial charge in [0.25, 0.3) is 0 Å². The summed E-state index contributed by atoms with van der Waals surface area (Å²) in [6.07, 6.45) is 2.59.